The van der Waals surface area contributed by atoms with Gasteiger partial charge in [-0.1, -0.05) is 18.2 Å². The maximum Gasteiger partial charge on any atom is 0.119 e. The van der Waals surface area contributed by atoms with Crippen molar-refractivity contribution in [2.75, 3.05) is 19.7 Å². The molecule has 0 spiro atoms. The summed E-state index contributed by atoms with van der Waals surface area (Å²) < 4.78 is 5.62. The molecule has 16 heavy (non-hydrogen) atoms. The summed E-state index contributed by atoms with van der Waals surface area (Å²) in [5, 5.41) is 3.00. The number of rotatable bonds is 7. The molecule has 0 atom stereocenters. The third-order valence-corrected chi connectivity index (χ3v) is 2.71. The van der Waals surface area contributed by atoms with E-state index < -0.39 is 0 Å². The lowest BCUT2D eigenvalue weighted by Gasteiger charge is -2.07. The number of aryl methyl sites for hydroxylation is 1. The Hall–Kier alpha value is -0.990. The van der Waals surface area contributed by atoms with E-state index in [4.69, 9.17) is 16.3 Å². The van der Waals surface area contributed by atoms with Crippen molar-refractivity contribution in [1.29, 1.82) is 0 Å². The second-order valence-electron chi connectivity index (χ2n) is 3.71. The molecule has 2 N–H and O–H groups in total. The number of nitrogens with two attached hydrogens (primary N) is 1. The van der Waals surface area contributed by atoms with E-state index in [1.54, 1.807) is 0 Å². The van der Waals surface area contributed by atoms with Crippen LogP contribution in [0.5, 0.6) is 5.75 Å². The molecule has 0 fully saturated rings. The molecule has 88 valence electrons. The molecule has 0 aliphatic heterocycles. The van der Waals surface area contributed by atoms with Crippen LogP contribution in [0.1, 0.15) is 12.0 Å². The first-order chi connectivity index (χ1) is 7.74. The Balaban J connectivity index is 2.21. The molecule has 0 bridgehead atoms. The monoisotopic (exact) mass is 240 g/mol. The van der Waals surface area contributed by atoms with Crippen molar-refractivity contribution in [3.8, 4) is 5.75 Å². The summed E-state index contributed by atoms with van der Waals surface area (Å²) in [5.41, 5.74) is 1.05. The summed E-state index contributed by atoms with van der Waals surface area (Å²) in [6.07, 6.45) is 2.94. The van der Waals surface area contributed by atoms with Crippen molar-refractivity contribution in [1.82, 2.24) is 0 Å². The predicted octanol–water partition coefficient (Wildman–Crippen LogP) is 2.17. The van der Waals surface area contributed by atoms with Gasteiger partial charge in [-0.05, 0) is 36.8 Å². The number of benzene rings is 1. The standard InChI is InChI=1S/C13H18ClNO/c1-3-7-15-8-4-9-16-12-5-6-13(14)11(2)10-12/h3,5-6,10,15H,1,4,7-9H2,2H3/p+1. The molecule has 3 heteroatoms. The van der Waals surface area contributed by atoms with Crippen molar-refractivity contribution in [2.24, 2.45) is 0 Å². The van der Waals surface area contributed by atoms with Crippen LogP contribution in [0.15, 0.2) is 30.9 Å². The Bertz CT molecular complexity index is 339. The zero-order valence-corrected chi connectivity index (χ0v) is 10.5. The molecular weight excluding hydrogens is 222 g/mol. The van der Waals surface area contributed by atoms with E-state index in [-0.39, 0.29) is 0 Å². The molecule has 0 heterocycles. The van der Waals surface area contributed by atoms with Crippen LogP contribution >= 0.6 is 11.6 Å². The molecule has 1 rings (SSSR count). The van der Waals surface area contributed by atoms with Gasteiger partial charge in [0.2, 0.25) is 0 Å². The van der Waals surface area contributed by atoms with Gasteiger partial charge in [-0.2, -0.15) is 0 Å². The molecule has 1 aromatic carbocycles. The summed E-state index contributed by atoms with van der Waals surface area (Å²) in [7, 11) is 0. The molecule has 0 saturated carbocycles. The largest absolute Gasteiger partial charge is 0.493 e. The fraction of sp³-hybridized carbons (Fsp3) is 0.385. The first kappa shape index (κ1) is 13.1. The van der Waals surface area contributed by atoms with Gasteiger partial charge < -0.3 is 10.1 Å². The SMILES string of the molecule is C=CC[NH2+]CCCOc1ccc(Cl)c(C)c1. The lowest BCUT2D eigenvalue weighted by Crippen LogP contribution is -2.84. The van der Waals surface area contributed by atoms with Gasteiger partial charge in [-0.15, -0.1) is 0 Å². The lowest BCUT2D eigenvalue weighted by atomic mass is 10.2. The molecule has 0 aliphatic carbocycles. The van der Waals surface area contributed by atoms with Crippen molar-refractivity contribution in [3.05, 3.63) is 41.4 Å². The van der Waals surface area contributed by atoms with E-state index in [1.807, 2.05) is 31.2 Å². The van der Waals surface area contributed by atoms with E-state index in [9.17, 15) is 0 Å². The Labute approximate surface area is 102 Å². The average Bonchev–Trinajstić information content (AvgIpc) is 2.28. The van der Waals surface area contributed by atoms with E-state index in [0.717, 1.165) is 42.5 Å². The van der Waals surface area contributed by atoms with Gasteiger partial charge in [0.25, 0.3) is 0 Å². The van der Waals surface area contributed by atoms with Gasteiger partial charge in [0, 0.05) is 11.4 Å². The van der Waals surface area contributed by atoms with E-state index in [2.05, 4.69) is 11.9 Å². The van der Waals surface area contributed by atoms with Gasteiger partial charge in [-0.3, -0.25) is 0 Å². The first-order valence-electron chi connectivity index (χ1n) is 5.55. The molecule has 0 radical (unpaired) electrons. The third-order valence-electron chi connectivity index (χ3n) is 2.28. The molecule has 0 amide bonds. The molecule has 0 aromatic heterocycles. The van der Waals surface area contributed by atoms with Gasteiger partial charge in [0.05, 0.1) is 19.7 Å². The highest BCUT2D eigenvalue weighted by Gasteiger charge is 1.98. The predicted molar refractivity (Wildman–Crippen MR) is 68.2 cm³/mol. The van der Waals surface area contributed by atoms with Crippen molar-refractivity contribution >= 4 is 11.6 Å². The second kappa shape index (κ2) is 7.31. The van der Waals surface area contributed by atoms with Gasteiger partial charge in [0.15, 0.2) is 0 Å². The second-order valence-corrected chi connectivity index (χ2v) is 4.12. The van der Waals surface area contributed by atoms with Crippen LogP contribution < -0.4 is 10.1 Å². The Kier molecular flexibility index (Phi) is 5.98. The van der Waals surface area contributed by atoms with Crippen LogP contribution in [0.4, 0.5) is 0 Å². The number of halogens is 1. The zero-order chi connectivity index (χ0) is 11.8. The van der Waals surface area contributed by atoms with Crippen LogP contribution in [-0.2, 0) is 0 Å². The van der Waals surface area contributed by atoms with Gasteiger partial charge in [-0.25, -0.2) is 0 Å². The summed E-state index contributed by atoms with van der Waals surface area (Å²) in [4.78, 5) is 0. The maximum absolute atomic E-state index is 5.93. The zero-order valence-electron chi connectivity index (χ0n) is 9.71. The Morgan fingerprint density at radius 2 is 2.31 bits per heavy atom. The number of hydrogen-bond donors (Lipinski definition) is 1. The molecule has 0 saturated heterocycles. The molecule has 1 aromatic rings. The normalized spacial score (nSPS) is 10.1. The highest BCUT2D eigenvalue weighted by molar-refractivity contribution is 6.31. The first-order valence-corrected chi connectivity index (χ1v) is 5.93. The third kappa shape index (κ3) is 4.69. The van der Waals surface area contributed by atoms with Crippen molar-refractivity contribution < 1.29 is 10.1 Å². The maximum atomic E-state index is 5.93. The van der Waals surface area contributed by atoms with Gasteiger partial charge in [0.1, 0.15) is 5.75 Å². The number of ether oxygens (including phenoxy) is 1. The fourth-order valence-electron chi connectivity index (χ4n) is 1.36. The molecule has 0 unspecified atom stereocenters. The fourth-order valence-corrected chi connectivity index (χ4v) is 1.48. The van der Waals surface area contributed by atoms with E-state index in [0.29, 0.717) is 0 Å². The smallest absolute Gasteiger partial charge is 0.119 e. The van der Waals surface area contributed by atoms with E-state index in [1.165, 1.54) is 0 Å². The highest BCUT2D eigenvalue weighted by atomic mass is 35.5. The average molecular weight is 241 g/mol. The van der Waals surface area contributed by atoms with Crippen LogP contribution in [0.25, 0.3) is 0 Å². The minimum atomic E-state index is 0.745. The van der Waals surface area contributed by atoms with Crippen LogP contribution in [0.3, 0.4) is 0 Å². The molecule has 2 nitrogen and oxygen atoms in total. The lowest BCUT2D eigenvalue weighted by molar-refractivity contribution is -0.646. The van der Waals surface area contributed by atoms with Crippen LogP contribution in [-0.4, -0.2) is 19.7 Å². The minimum absolute atomic E-state index is 0.745. The molecule has 0 aliphatic rings. The van der Waals surface area contributed by atoms with Crippen LogP contribution in [0.2, 0.25) is 5.02 Å². The van der Waals surface area contributed by atoms with Crippen LogP contribution in [0, 0.1) is 6.92 Å². The summed E-state index contributed by atoms with van der Waals surface area (Å²) >= 11 is 5.93. The topological polar surface area (TPSA) is 25.8 Å². The summed E-state index contributed by atoms with van der Waals surface area (Å²) in [6, 6.07) is 5.74. The molecular formula is C13H19ClNO+. The van der Waals surface area contributed by atoms with Crippen molar-refractivity contribution in [2.45, 2.75) is 13.3 Å². The number of hydrogen-bond acceptors (Lipinski definition) is 1. The number of quaternary nitrogens is 1. The van der Waals surface area contributed by atoms with Gasteiger partial charge >= 0.3 is 0 Å². The van der Waals surface area contributed by atoms with E-state index >= 15 is 0 Å². The summed E-state index contributed by atoms with van der Waals surface area (Å²) in [6.45, 7) is 8.43. The highest BCUT2D eigenvalue weighted by Crippen LogP contribution is 2.20. The minimum Gasteiger partial charge on any atom is -0.493 e. The Morgan fingerprint density at radius 3 is 3.00 bits per heavy atom. The quantitative estimate of drug-likeness (QED) is 0.574. The Morgan fingerprint density at radius 1 is 1.50 bits per heavy atom. The summed E-state index contributed by atoms with van der Waals surface area (Å²) in [5.74, 6) is 0.894. The van der Waals surface area contributed by atoms with Crippen molar-refractivity contribution in [3.63, 3.8) is 0 Å².